The second kappa shape index (κ2) is 13.2. The highest BCUT2D eigenvalue weighted by Crippen LogP contribution is 2.16. The number of carbonyl (C=O) groups excluding carboxylic acids is 1. The first-order valence-corrected chi connectivity index (χ1v) is 8.90. The van der Waals surface area contributed by atoms with E-state index in [0.717, 1.165) is 23.3 Å². The number of amides is 1. The summed E-state index contributed by atoms with van der Waals surface area (Å²) in [7, 11) is 0. The van der Waals surface area contributed by atoms with Crippen molar-refractivity contribution in [2.45, 2.75) is 32.9 Å². The third kappa shape index (κ3) is 7.54. The number of carbonyl (C=O) groups is 3. The average Bonchev–Trinajstić information content (AvgIpc) is 3.10. The highest BCUT2D eigenvalue weighted by Gasteiger charge is 2.10. The smallest absolute Gasteiger partial charge is 0.290 e. The van der Waals surface area contributed by atoms with Gasteiger partial charge in [-0.15, -0.1) is 0 Å². The number of aromatic nitrogens is 4. The number of nitrogens with zero attached hydrogens (tertiary/aromatic N) is 3. The largest absolute Gasteiger partial charge is 0.483 e. The van der Waals surface area contributed by atoms with Crippen LogP contribution in [-0.4, -0.2) is 48.6 Å². The summed E-state index contributed by atoms with van der Waals surface area (Å²) in [6.07, 6.45) is 2.48. The fourth-order valence-electron chi connectivity index (χ4n) is 2.64. The number of nitrogens with one attached hydrogen (secondary N) is 2. The van der Waals surface area contributed by atoms with Gasteiger partial charge in [0.1, 0.15) is 5.82 Å². The maximum absolute atomic E-state index is 12.1. The minimum Gasteiger partial charge on any atom is -0.483 e. The predicted octanol–water partition coefficient (Wildman–Crippen LogP) is 0.790. The number of para-hydroxylation sites is 2. The molecule has 0 aliphatic heterocycles. The molecule has 3 rings (SSSR count). The van der Waals surface area contributed by atoms with Crippen molar-refractivity contribution in [1.29, 1.82) is 0 Å². The molecule has 30 heavy (non-hydrogen) atoms. The van der Waals surface area contributed by atoms with Gasteiger partial charge in [-0.05, 0) is 12.1 Å². The average molecular weight is 417 g/mol. The van der Waals surface area contributed by atoms with Crippen LogP contribution >= 0.6 is 0 Å². The van der Waals surface area contributed by atoms with E-state index in [2.05, 4.69) is 31.8 Å². The number of carboxylic acid groups (broad SMARTS) is 2. The Labute approximate surface area is 171 Å². The summed E-state index contributed by atoms with van der Waals surface area (Å²) in [6, 6.07) is 9.29. The van der Waals surface area contributed by atoms with Gasteiger partial charge in [0.25, 0.3) is 18.5 Å². The van der Waals surface area contributed by atoms with E-state index < -0.39 is 0 Å². The van der Waals surface area contributed by atoms with Crippen LogP contribution in [0.1, 0.15) is 24.9 Å². The van der Waals surface area contributed by atoms with Gasteiger partial charge < -0.3 is 25.1 Å². The molecule has 0 saturated carbocycles. The minimum absolute atomic E-state index is 0.0862. The first-order chi connectivity index (χ1) is 14.5. The second-order valence-corrected chi connectivity index (χ2v) is 5.66. The molecule has 160 valence electrons. The van der Waals surface area contributed by atoms with Crippen molar-refractivity contribution in [3.05, 3.63) is 58.5 Å². The zero-order chi connectivity index (χ0) is 22.4. The SMILES string of the molecule is CCc1nc2ccccc2n1CCC(=O)NCc1cc(=O)[nH]cn1.O=CO.O=CO. The van der Waals surface area contributed by atoms with Crippen LogP contribution in [0.25, 0.3) is 11.0 Å². The molecule has 11 heteroatoms. The molecule has 0 bridgehead atoms. The first kappa shape index (κ1) is 24.0. The lowest BCUT2D eigenvalue weighted by Crippen LogP contribution is -2.25. The van der Waals surface area contributed by atoms with Crippen molar-refractivity contribution >= 4 is 29.9 Å². The van der Waals surface area contributed by atoms with Gasteiger partial charge in [0.05, 0.1) is 29.6 Å². The molecule has 4 N–H and O–H groups in total. The van der Waals surface area contributed by atoms with Gasteiger partial charge in [-0.1, -0.05) is 19.1 Å². The van der Waals surface area contributed by atoms with Crippen molar-refractivity contribution in [1.82, 2.24) is 24.8 Å². The number of benzene rings is 1. The summed E-state index contributed by atoms with van der Waals surface area (Å²) in [5, 5.41) is 16.6. The quantitative estimate of drug-likeness (QED) is 0.427. The van der Waals surface area contributed by atoms with E-state index in [1.807, 2.05) is 24.3 Å². The molecule has 0 radical (unpaired) electrons. The summed E-state index contributed by atoms with van der Waals surface area (Å²) >= 11 is 0. The van der Waals surface area contributed by atoms with Crippen molar-refractivity contribution in [3.63, 3.8) is 0 Å². The van der Waals surface area contributed by atoms with Gasteiger partial charge in [0, 0.05) is 25.5 Å². The Morgan fingerprint density at radius 3 is 2.53 bits per heavy atom. The lowest BCUT2D eigenvalue weighted by Gasteiger charge is -2.08. The van der Waals surface area contributed by atoms with Crippen LogP contribution in [0.5, 0.6) is 0 Å². The third-order valence-corrected chi connectivity index (χ3v) is 3.81. The van der Waals surface area contributed by atoms with Gasteiger partial charge in [-0.2, -0.15) is 0 Å². The minimum atomic E-state index is -0.250. The molecule has 1 aromatic carbocycles. The highest BCUT2D eigenvalue weighted by atomic mass is 16.3. The molecular formula is C19H23N5O6. The maximum atomic E-state index is 12.1. The van der Waals surface area contributed by atoms with Crippen LogP contribution in [0.15, 0.2) is 41.5 Å². The zero-order valence-corrected chi connectivity index (χ0v) is 16.3. The van der Waals surface area contributed by atoms with E-state index in [4.69, 9.17) is 19.8 Å². The van der Waals surface area contributed by atoms with Crippen molar-refractivity contribution in [2.75, 3.05) is 0 Å². The molecule has 0 fully saturated rings. The molecule has 0 atom stereocenters. The molecular weight excluding hydrogens is 394 g/mol. The van der Waals surface area contributed by atoms with Gasteiger partial charge in [-0.3, -0.25) is 19.2 Å². The fraction of sp³-hybridized carbons (Fsp3) is 0.263. The lowest BCUT2D eigenvalue weighted by molar-refractivity contribution is -0.123. The van der Waals surface area contributed by atoms with Crippen LogP contribution in [0.2, 0.25) is 0 Å². The molecule has 11 nitrogen and oxygen atoms in total. The number of aryl methyl sites for hydroxylation is 2. The Kier molecular flexibility index (Phi) is 10.6. The van der Waals surface area contributed by atoms with Gasteiger partial charge >= 0.3 is 0 Å². The predicted molar refractivity (Wildman–Crippen MR) is 108 cm³/mol. The van der Waals surface area contributed by atoms with Crippen molar-refractivity contribution < 1.29 is 24.6 Å². The molecule has 0 unspecified atom stereocenters. The molecule has 3 aromatic rings. The molecule has 0 saturated heterocycles. The molecule has 0 aliphatic carbocycles. The summed E-state index contributed by atoms with van der Waals surface area (Å²) in [5.41, 5.74) is 2.29. The van der Waals surface area contributed by atoms with Gasteiger partial charge in [-0.25, -0.2) is 9.97 Å². The van der Waals surface area contributed by atoms with Crippen LogP contribution in [0.3, 0.4) is 0 Å². The first-order valence-electron chi connectivity index (χ1n) is 8.90. The number of fused-ring (bicyclic) bond motifs is 1. The number of hydrogen-bond acceptors (Lipinski definition) is 6. The Balaban J connectivity index is 0.000000672. The van der Waals surface area contributed by atoms with Crippen LogP contribution < -0.4 is 10.9 Å². The number of H-pyrrole nitrogens is 1. The molecule has 2 aromatic heterocycles. The standard InChI is InChI=1S/C17H19N5O2.2CH2O2/c1-2-15-21-13-5-3-4-6-14(13)22(15)8-7-16(23)18-10-12-9-17(24)20-11-19-12;2*2-1-3/h3-6,9,11H,2,7-8,10H2,1H3,(H,18,23)(H,19,20,24);2*1H,(H,2,3). The van der Waals surface area contributed by atoms with E-state index in [-0.39, 0.29) is 31.0 Å². The third-order valence-electron chi connectivity index (χ3n) is 3.81. The Bertz CT molecular complexity index is 1010. The van der Waals surface area contributed by atoms with E-state index in [1.54, 1.807) is 0 Å². The van der Waals surface area contributed by atoms with E-state index >= 15 is 0 Å². The van der Waals surface area contributed by atoms with Crippen LogP contribution in [-0.2, 0) is 33.9 Å². The van der Waals surface area contributed by atoms with Crippen LogP contribution in [0, 0.1) is 0 Å². The second-order valence-electron chi connectivity index (χ2n) is 5.66. The number of rotatable bonds is 6. The van der Waals surface area contributed by atoms with E-state index in [9.17, 15) is 9.59 Å². The monoisotopic (exact) mass is 417 g/mol. The Morgan fingerprint density at radius 2 is 1.90 bits per heavy atom. The van der Waals surface area contributed by atoms with Gasteiger partial charge in [0.2, 0.25) is 5.91 Å². The summed E-state index contributed by atoms with van der Waals surface area (Å²) in [4.78, 5) is 51.0. The van der Waals surface area contributed by atoms with E-state index in [0.29, 0.717) is 18.7 Å². The molecule has 1 amide bonds. The normalized spacial score (nSPS) is 9.50. The van der Waals surface area contributed by atoms with Crippen molar-refractivity contribution in [2.24, 2.45) is 0 Å². The zero-order valence-electron chi connectivity index (χ0n) is 16.3. The topological polar surface area (TPSA) is 167 Å². The van der Waals surface area contributed by atoms with E-state index in [1.165, 1.54) is 12.4 Å². The lowest BCUT2D eigenvalue weighted by atomic mass is 10.3. The summed E-state index contributed by atoms with van der Waals surface area (Å²) in [5.74, 6) is 0.886. The number of imidazole rings is 1. The maximum Gasteiger partial charge on any atom is 0.290 e. The Hall–Kier alpha value is -4.02. The molecule has 0 spiro atoms. The summed E-state index contributed by atoms with van der Waals surface area (Å²) in [6.45, 7) is 2.36. The number of hydrogen-bond donors (Lipinski definition) is 4. The highest BCUT2D eigenvalue weighted by molar-refractivity contribution is 5.78. The Morgan fingerprint density at radius 1 is 1.23 bits per heavy atom. The molecule has 2 heterocycles. The number of aromatic amines is 1. The van der Waals surface area contributed by atoms with Crippen molar-refractivity contribution in [3.8, 4) is 0 Å². The van der Waals surface area contributed by atoms with Crippen LogP contribution in [0.4, 0.5) is 0 Å². The fourth-order valence-corrected chi connectivity index (χ4v) is 2.64. The molecule has 0 aliphatic rings. The van der Waals surface area contributed by atoms with Gasteiger partial charge in [0.15, 0.2) is 0 Å². The summed E-state index contributed by atoms with van der Waals surface area (Å²) < 4.78 is 2.08.